The fourth-order valence-electron chi connectivity index (χ4n) is 4.63. The minimum Gasteiger partial charge on any atom is -0.486 e. The van der Waals surface area contributed by atoms with Crippen molar-refractivity contribution in [1.82, 2.24) is 19.7 Å². The zero-order valence-corrected chi connectivity index (χ0v) is 25.6. The van der Waals surface area contributed by atoms with Crippen LogP contribution in [-0.4, -0.2) is 69.1 Å². The van der Waals surface area contributed by atoms with Gasteiger partial charge >= 0.3 is 17.9 Å². The van der Waals surface area contributed by atoms with Crippen LogP contribution in [0.5, 0.6) is 5.75 Å². The van der Waals surface area contributed by atoms with Gasteiger partial charge in [-0.3, -0.25) is 23.7 Å². The molecule has 1 amide bonds. The van der Waals surface area contributed by atoms with Crippen LogP contribution in [0.3, 0.4) is 0 Å². The first kappa shape index (κ1) is 32.7. The molecule has 14 heteroatoms. The lowest BCUT2D eigenvalue weighted by atomic mass is 9.95. The fourth-order valence-corrected chi connectivity index (χ4v) is 5.06. The Bertz CT molecular complexity index is 1340. The molecule has 3 rings (SSSR count). The quantitative estimate of drug-likeness (QED) is 0.228. The second-order valence-corrected chi connectivity index (χ2v) is 10.5. The molecule has 1 aromatic heterocycles. The van der Waals surface area contributed by atoms with Gasteiger partial charge in [-0.15, -0.1) is 0 Å². The van der Waals surface area contributed by atoms with Gasteiger partial charge in [0, 0.05) is 33.7 Å². The molecule has 2 aromatic rings. The Balaban J connectivity index is 2.13. The van der Waals surface area contributed by atoms with E-state index in [0.29, 0.717) is 11.6 Å². The van der Waals surface area contributed by atoms with Crippen LogP contribution in [0.2, 0.25) is 0 Å². The summed E-state index contributed by atoms with van der Waals surface area (Å²) < 4.78 is 32.1. The number of nitrogens with one attached hydrogen (secondary N) is 1. The molecule has 0 saturated carbocycles. The lowest BCUT2D eigenvalue weighted by molar-refractivity contribution is -0.239. The van der Waals surface area contributed by atoms with E-state index >= 15 is 0 Å². The average molecular weight is 607 g/mol. The molecule has 1 aliphatic rings. The molecule has 0 bridgehead atoms. The molecular weight excluding hydrogens is 568 g/mol. The summed E-state index contributed by atoms with van der Waals surface area (Å²) in [6, 6.07) is 6.39. The van der Waals surface area contributed by atoms with Crippen LogP contribution in [0.15, 0.2) is 24.3 Å². The maximum absolute atomic E-state index is 12.4. The molecule has 42 heavy (non-hydrogen) atoms. The van der Waals surface area contributed by atoms with Gasteiger partial charge in [0.2, 0.25) is 10.7 Å². The van der Waals surface area contributed by atoms with E-state index in [4.69, 9.17) is 41.0 Å². The molecular formula is C28H38N4O9S. The summed E-state index contributed by atoms with van der Waals surface area (Å²) in [6.45, 7) is 10.6. The van der Waals surface area contributed by atoms with Crippen LogP contribution in [-0.2, 0) is 44.7 Å². The Labute approximate surface area is 249 Å². The van der Waals surface area contributed by atoms with Crippen LogP contribution < -0.4 is 10.1 Å². The van der Waals surface area contributed by atoms with Crippen LogP contribution in [0.4, 0.5) is 0 Å². The molecule has 1 N–H and O–H groups in total. The summed E-state index contributed by atoms with van der Waals surface area (Å²) in [7, 11) is 0. The summed E-state index contributed by atoms with van der Waals surface area (Å²) in [4.78, 5) is 48.3. The van der Waals surface area contributed by atoms with E-state index in [1.807, 2.05) is 49.6 Å². The van der Waals surface area contributed by atoms with E-state index in [1.54, 1.807) is 0 Å². The normalized spacial score (nSPS) is 22.5. The summed E-state index contributed by atoms with van der Waals surface area (Å²) in [5.74, 6) is -1.33. The molecule has 6 atom stereocenters. The van der Waals surface area contributed by atoms with E-state index in [2.05, 4.69) is 5.32 Å². The third-order valence-corrected chi connectivity index (χ3v) is 7.04. The van der Waals surface area contributed by atoms with Crippen molar-refractivity contribution in [3.8, 4) is 5.75 Å². The number of rotatable bonds is 11. The Morgan fingerprint density at radius 1 is 1.02 bits per heavy atom. The molecule has 0 aliphatic carbocycles. The number of carbonyl (C=O) groups excluding carboxylic acids is 4. The third-order valence-electron chi connectivity index (χ3n) is 6.66. The minimum atomic E-state index is -1.24. The van der Waals surface area contributed by atoms with E-state index in [-0.39, 0.29) is 24.0 Å². The summed E-state index contributed by atoms with van der Waals surface area (Å²) >= 11 is 5.86. The van der Waals surface area contributed by atoms with Crippen LogP contribution in [0.25, 0.3) is 0 Å². The zero-order valence-electron chi connectivity index (χ0n) is 24.8. The number of hydrogen-bond acceptors (Lipinski definition) is 11. The largest absolute Gasteiger partial charge is 0.486 e. The molecule has 13 nitrogen and oxygen atoms in total. The van der Waals surface area contributed by atoms with Gasteiger partial charge in [0.05, 0.1) is 0 Å². The average Bonchev–Trinajstić information content (AvgIpc) is 3.24. The minimum absolute atomic E-state index is 0.0713. The van der Waals surface area contributed by atoms with Crippen molar-refractivity contribution in [2.45, 2.75) is 98.1 Å². The molecule has 0 radical (unpaired) electrons. The monoisotopic (exact) mass is 606 g/mol. The van der Waals surface area contributed by atoms with Gasteiger partial charge in [0.15, 0.2) is 24.3 Å². The second-order valence-electron chi connectivity index (χ2n) is 10.1. The third kappa shape index (κ3) is 8.16. The lowest BCUT2D eigenvalue weighted by Gasteiger charge is -2.45. The van der Waals surface area contributed by atoms with Crippen molar-refractivity contribution < 1.29 is 42.9 Å². The fraction of sp³-hybridized carbons (Fsp3) is 0.571. The van der Waals surface area contributed by atoms with E-state index in [1.165, 1.54) is 32.4 Å². The van der Waals surface area contributed by atoms with Crippen molar-refractivity contribution in [1.29, 1.82) is 0 Å². The van der Waals surface area contributed by atoms with E-state index in [0.717, 1.165) is 12.0 Å². The maximum Gasteiger partial charge on any atom is 0.303 e. The smallest absolute Gasteiger partial charge is 0.303 e. The summed E-state index contributed by atoms with van der Waals surface area (Å²) in [5.41, 5.74) is 1.09. The number of amides is 1. The number of aromatic nitrogens is 3. The Kier molecular flexibility index (Phi) is 11.2. The molecule has 2 heterocycles. The van der Waals surface area contributed by atoms with Crippen LogP contribution in [0, 0.1) is 11.7 Å². The van der Waals surface area contributed by atoms with Gasteiger partial charge in [-0.25, -0.2) is 4.68 Å². The molecule has 0 spiro atoms. The van der Waals surface area contributed by atoms with Crippen LogP contribution >= 0.6 is 12.2 Å². The van der Waals surface area contributed by atoms with Crippen molar-refractivity contribution in [3.63, 3.8) is 0 Å². The first-order chi connectivity index (χ1) is 19.8. The SMILES string of the molecule is CCC(C)n1c(COc2ccc(C)cc2)nn([C@@H]2O[C@H](COC(C)=O)[C@@H](OC(C)=O)[C@H](OC(C)=O)[C@H]2NC(C)=O)c1=S. The standard InChI is InChI=1S/C28H38N4O9S/c1-8-16(3)31-23(14-38-21-11-9-15(2)10-12-21)30-32(28(31)42)27-24(29-17(4)33)26(40-20(7)36)25(39-19(6)35)22(41-27)13-37-18(5)34/h9-12,16,22,24-27H,8,13-14H2,1-7H3,(H,29,33)/t16?,22-,24-,25-,26-,27-/m1/s1. The van der Waals surface area contributed by atoms with E-state index < -0.39 is 54.4 Å². The molecule has 1 unspecified atom stereocenters. The van der Waals surface area contributed by atoms with Gasteiger partial charge in [0.1, 0.15) is 31.1 Å². The van der Waals surface area contributed by atoms with Crippen molar-refractivity contribution >= 4 is 36.0 Å². The number of benzene rings is 1. The van der Waals surface area contributed by atoms with Crippen LogP contribution in [0.1, 0.15) is 71.6 Å². The van der Waals surface area contributed by atoms with Crippen molar-refractivity contribution in [2.75, 3.05) is 6.61 Å². The van der Waals surface area contributed by atoms with Gasteiger partial charge in [-0.05, 0) is 44.6 Å². The predicted molar refractivity (Wildman–Crippen MR) is 151 cm³/mol. The first-order valence-corrected chi connectivity index (χ1v) is 14.0. The molecule has 1 aromatic carbocycles. The van der Waals surface area contributed by atoms with E-state index in [9.17, 15) is 19.2 Å². The highest BCUT2D eigenvalue weighted by atomic mass is 32.1. The number of ether oxygens (including phenoxy) is 5. The molecule has 1 aliphatic heterocycles. The predicted octanol–water partition coefficient (Wildman–Crippen LogP) is 3.10. The van der Waals surface area contributed by atoms with Gasteiger partial charge in [0.25, 0.3) is 0 Å². The Morgan fingerprint density at radius 2 is 1.64 bits per heavy atom. The van der Waals surface area contributed by atoms with Gasteiger partial charge in [-0.2, -0.15) is 5.10 Å². The highest BCUT2D eigenvalue weighted by Crippen LogP contribution is 2.33. The topological polar surface area (TPSA) is 149 Å². The zero-order chi connectivity index (χ0) is 31.1. The molecule has 230 valence electrons. The number of aryl methyl sites for hydroxylation is 1. The highest BCUT2D eigenvalue weighted by molar-refractivity contribution is 7.71. The molecule has 1 fully saturated rings. The van der Waals surface area contributed by atoms with Gasteiger partial charge < -0.3 is 29.0 Å². The van der Waals surface area contributed by atoms with Crippen molar-refractivity contribution in [3.05, 3.63) is 40.4 Å². The van der Waals surface area contributed by atoms with Crippen molar-refractivity contribution in [2.24, 2.45) is 0 Å². The number of hydrogen-bond donors (Lipinski definition) is 1. The molecule has 1 saturated heterocycles. The number of esters is 3. The maximum atomic E-state index is 12.4. The first-order valence-electron chi connectivity index (χ1n) is 13.6. The second kappa shape index (κ2) is 14.4. The number of carbonyl (C=O) groups is 4. The number of nitrogens with zero attached hydrogens (tertiary/aromatic N) is 3. The van der Waals surface area contributed by atoms with Gasteiger partial charge in [-0.1, -0.05) is 24.6 Å². The lowest BCUT2D eigenvalue weighted by Crippen LogP contribution is -2.64. The summed E-state index contributed by atoms with van der Waals surface area (Å²) in [6.07, 6.45) is -3.99. The highest BCUT2D eigenvalue weighted by Gasteiger charge is 2.52. The summed E-state index contributed by atoms with van der Waals surface area (Å²) in [5, 5.41) is 7.49. The Morgan fingerprint density at radius 3 is 2.19 bits per heavy atom. The Hall–Kier alpha value is -3.78.